The van der Waals surface area contributed by atoms with Crippen molar-refractivity contribution >= 4 is 17.8 Å². The molecule has 1 aromatic carbocycles. The number of fused-ring (bicyclic) bond motifs is 1. The molecule has 9 heteroatoms. The van der Waals surface area contributed by atoms with Gasteiger partial charge in [0.05, 0.1) is 6.54 Å². The largest absolute Gasteiger partial charge is 0.454 e. The fourth-order valence-corrected chi connectivity index (χ4v) is 5.00. The highest BCUT2D eigenvalue weighted by Crippen LogP contribution is 2.36. The van der Waals surface area contributed by atoms with Gasteiger partial charge in [-0.25, -0.2) is 4.79 Å². The molecule has 9 nitrogen and oxygen atoms in total. The summed E-state index contributed by atoms with van der Waals surface area (Å²) in [5, 5.41) is 3.48. The number of amides is 4. The molecule has 1 saturated heterocycles. The van der Waals surface area contributed by atoms with Gasteiger partial charge < -0.3 is 14.8 Å². The smallest absolute Gasteiger partial charge is 0.344 e. The SMILES string of the molecule is CC[C@]1(C)NC(=O)N(NC(=O)CN(Cc2ccc3c(c2)OCO3)[C@@H]2CCC[C@@H](C)[C@H]2C)C1=O. The van der Waals surface area contributed by atoms with E-state index in [2.05, 4.69) is 29.5 Å². The molecule has 33 heavy (non-hydrogen) atoms. The van der Waals surface area contributed by atoms with Crippen molar-refractivity contribution in [3.05, 3.63) is 23.8 Å². The van der Waals surface area contributed by atoms with Crippen LogP contribution in [0, 0.1) is 11.8 Å². The summed E-state index contributed by atoms with van der Waals surface area (Å²) >= 11 is 0. The van der Waals surface area contributed by atoms with E-state index in [0.717, 1.165) is 29.2 Å². The lowest BCUT2D eigenvalue weighted by Gasteiger charge is -2.41. The van der Waals surface area contributed by atoms with E-state index in [-0.39, 0.29) is 25.3 Å². The van der Waals surface area contributed by atoms with Gasteiger partial charge in [0.1, 0.15) is 5.54 Å². The molecule has 4 atom stereocenters. The number of hydrogen-bond acceptors (Lipinski definition) is 6. The third-order valence-corrected chi connectivity index (χ3v) is 7.51. The van der Waals surface area contributed by atoms with Crippen molar-refractivity contribution in [3.63, 3.8) is 0 Å². The number of hydrogen-bond donors (Lipinski definition) is 2. The molecule has 0 bridgehead atoms. The van der Waals surface area contributed by atoms with Gasteiger partial charge in [-0.05, 0) is 49.3 Å². The predicted molar refractivity (Wildman–Crippen MR) is 121 cm³/mol. The molecule has 4 amide bonds. The third kappa shape index (κ3) is 4.64. The molecule has 2 fully saturated rings. The lowest BCUT2D eigenvalue weighted by molar-refractivity contribution is -0.139. The fraction of sp³-hybridized carbons (Fsp3) is 0.625. The Labute approximate surface area is 194 Å². The molecule has 1 aromatic rings. The highest BCUT2D eigenvalue weighted by atomic mass is 16.7. The number of nitrogens with one attached hydrogen (secondary N) is 2. The summed E-state index contributed by atoms with van der Waals surface area (Å²) in [6, 6.07) is 5.45. The second-order valence-electron chi connectivity index (χ2n) is 9.72. The van der Waals surface area contributed by atoms with Crippen molar-refractivity contribution in [3.8, 4) is 11.5 Å². The van der Waals surface area contributed by atoms with Crippen molar-refractivity contribution in [2.75, 3.05) is 13.3 Å². The van der Waals surface area contributed by atoms with Crippen LogP contribution < -0.4 is 20.2 Å². The molecule has 0 unspecified atom stereocenters. The number of nitrogens with zero attached hydrogens (tertiary/aromatic N) is 2. The quantitative estimate of drug-likeness (QED) is 0.610. The molecule has 2 heterocycles. The van der Waals surface area contributed by atoms with Gasteiger partial charge in [0.25, 0.3) is 11.8 Å². The van der Waals surface area contributed by atoms with Gasteiger partial charge in [0.15, 0.2) is 11.5 Å². The van der Waals surface area contributed by atoms with E-state index >= 15 is 0 Å². The number of imide groups is 1. The Morgan fingerprint density at radius 1 is 1.24 bits per heavy atom. The third-order valence-electron chi connectivity index (χ3n) is 7.51. The van der Waals surface area contributed by atoms with E-state index in [1.54, 1.807) is 6.92 Å². The summed E-state index contributed by atoms with van der Waals surface area (Å²) in [6.45, 7) is 8.83. The second kappa shape index (κ2) is 9.21. The van der Waals surface area contributed by atoms with E-state index in [1.165, 1.54) is 6.42 Å². The van der Waals surface area contributed by atoms with Crippen LogP contribution in [-0.4, -0.2) is 52.7 Å². The molecule has 0 spiro atoms. The van der Waals surface area contributed by atoms with Crippen LogP contribution >= 0.6 is 0 Å². The summed E-state index contributed by atoms with van der Waals surface area (Å²) in [5.74, 6) is 1.58. The average molecular weight is 459 g/mol. The van der Waals surface area contributed by atoms with Gasteiger partial charge in [-0.3, -0.25) is 19.9 Å². The van der Waals surface area contributed by atoms with E-state index in [9.17, 15) is 14.4 Å². The molecule has 0 aromatic heterocycles. The van der Waals surface area contributed by atoms with Crippen LogP contribution in [-0.2, 0) is 16.1 Å². The second-order valence-corrected chi connectivity index (χ2v) is 9.72. The summed E-state index contributed by atoms with van der Waals surface area (Å²) in [5.41, 5.74) is 2.56. The van der Waals surface area contributed by atoms with E-state index in [0.29, 0.717) is 30.6 Å². The van der Waals surface area contributed by atoms with Gasteiger partial charge in [-0.1, -0.05) is 39.7 Å². The summed E-state index contributed by atoms with van der Waals surface area (Å²) in [6.07, 6.45) is 3.73. The first kappa shape index (κ1) is 23.4. The van der Waals surface area contributed by atoms with Gasteiger partial charge in [-0.2, -0.15) is 5.01 Å². The van der Waals surface area contributed by atoms with Crippen molar-refractivity contribution in [1.29, 1.82) is 0 Å². The Morgan fingerprint density at radius 2 is 2.00 bits per heavy atom. The zero-order valence-electron chi connectivity index (χ0n) is 19.8. The number of ether oxygens (including phenoxy) is 2. The highest BCUT2D eigenvalue weighted by Gasteiger charge is 2.47. The van der Waals surface area contributed by atoms with Gasteiger partial charge in [0.2, 0.25) is 6.79 Å². The van der Waals surface area contributed by atoms with Crippen LogP contribution in [0.4, 0.5) is 4.79 Å². The van der Waals surface area contributed by atoms with Gasteiger partial charge in [0, 0.05) is 12.6 Å². The minimum Gasteiger partial charge on any atom is -0.454 e. The highest BCUT2D eigenvalue weighted by molar-refractivity contribution is 6.07. The van der Waals surface area contributed by atoms with Crippen LogP contribution in [0.15, 0.2) is 18.2 Å². The molecule has 0 radical (unpaired) electrons. The Bertz CT molecular complexity index is 937. The van der Waals surface area contributed by atoms with E-state index < -0.39 is 17.5 Å². The summed E-state index contributed by atoms with van der Waals surface area (Å²) < 4.78 is 10.9. The number of rotatable bonds is 7. The lowest BCUT2D eigenvalue weighted by atomic mass is 9.77. The molecule has 2 N–H and O–H groups in total. The normalized spacial score (nSPS) is 28.9. The van der Waals surface area contributed by atoms with Crippen LogP contribution in [0.2, 0.25) is 0 Å². The van der Waals surface area contributed by atoms with Crippen molar-refractivity contribution < 1.29 is 23.9 Å². The topological polar surface area (TPSA) is 100 Å². The molecule has 1 saturated carbocycles. The predicted octanol–water partition coefficient (Wildman–Crippen LogP) is 2.79. The van der Waals surface area contributed by atoms with Crippen LogP contribution in [0.5, 0.6) is 11.5 Å². The zero-order chi connectivity index (χ0) is 23.8. The van der Waals surface area contributed by atoms with Crippen molar-refractivity contribution in [2.45, 2.75) is 71.5 Å². The molecule has 180 valence electrons. The van der Waals surface area contributed by atoms with Gasteiger partial charge in [-0.15, -0.1) is 0 Å². The van der Waals surface area contributed by atoms with E-state index in [1.807, 2.05) is 25.1 Å². The first-order valence-corrected chi connectivity index (χ1v) is 11.8. The lowest BCUT2D eigenvalue weighted by Crippen LogP contribution is -2.53. The first-order chi connectivity index (χ1) is 15.7. The minimum absolute atomic E-state index is 0.0794. The van der Waals surface area contributed by atoms with Crippen LogP contribution in [0.25, 0.3) is 0 Å². The van der Waals surface area contributed by atoms with Crippen LogP contribution in [0.1, 0.15) is 58.9 Å². The standard InChI is InChI=1S/C24H34N4O5/c1-5-24(4)22(30)28(23(31)25-24)26-21(29)13-27(18-8-6-7-15(2)16(18)3)12-17-9-10-19-20(11-17)33-14-32-19/h9-11,15-16,18H,5-8,12-14H2,1-4H3,(H,25,31)(H,26,29)/t15-,16-,18-,24+/m1/s1. The summed E-state index contributed by atoms with van der Waals surface area (Å²) in [4.78, 5) is 40.2. The monoisotopic (exact) mass is 458 g/mol. The van der Waals surface area contributed by atoms with Gasteiger partial charge >= 0.3 is 6.03 Å². The molecule has 3 aliphatic rings. The molecule has 2 aliphatic heterocycles. The maximum atomic E-state index is 13.0. The first-order valence-electron chi connectivity index (χ1n) is 11.8. The number of hydrazine groups is 1. The molecule has 1 aliphatic carbocycles. The van der Waals surface area contributed by atoms with Crippen molar-refractivity contribution in [1.82, 2.24) is 20.7 Å². The Kier molecular flexibility index (Phi) is 6.52. The molecule has 4 rings (SSSR count). The van der Waals surface area contributed by atoms with Crippen molar-refractivity contribution in [2.24, 2.45) is 11.8 Å². The van der Waals surface area contributed by atoms with Crippen LogP contribution in [0.3, 0.4) is 0 Å². The van der Waals surface area contributed by atoms with E-state index in [4.69, 9.17) is 9.47 Å². The number of carbonyl (C=O) groups excluding carboxylic acids is 3. The number of carbonyl (C=O) groups is 3. The number of urea groups is 1. The molecular weight excluding hydrogens is 424 g/mol. The number of benzene rings is 1. The Morgan fingerprint density at radius 3 is 2.73 bits per heavy atom. The Hall–Kier alpha value is -2.81. The zero-order valence-corrected chi connectivity index (χ0v) is 19.8. The minimum atomic E-state index is -0.996. The molecular formula is C24H34N4O5. The maximum Gasteiger partial charge on any atom is 0.344 e. The Balaban J connectivity index is 1.50. The average Bonchev–Trinajstić information content (AvgIpc) is 3.33. The fourth-order valence-electron chi connectivity index (χ4n) is 5.00. The maximum absolute atomic E-state index is 13.0. The summed E-state index contributed by atoms with van der Waals surface area (Å²) in [7, 11) is 0.